The molecule has 1 aliphatic heterocycles. The standard InChI is InChI=1S/C15H20N2O4/c1-11-5-7-13(14(10-11)17(20)21)16-9-3-2-4-12(16)6-8-15(18)19/h5,7,10,12H,2-4,6,8-9H2,1H3,(H,18,19). The van der Waals surface area contributed by atoms with E-state index < -0.39 is 5.97 Å². The van der Waals surface area contributed by atoms with Crippen molar-refractivity contribution in [2.45, 2.75) is 45.1 Å². The Morgan fingerprint density at radius 2 is 2.24 bits per heavy atom. The van der Waals surface area contributed by atoms with Gasteiger partial charge in [-0.2, -0.15) is 0 Å². The van der Waals surface area contributed by atoms with Gasteiger partial charge in [-0.15, -0.1) is 0 Å². The first-order chi connectivity index (χ1) is 9.99. The zero-order valence-corrected chi connectivity index (χ0v) is 12.1. The predicted molar refractivity (Wildman–Crippen MR) is 79.7 cm³/mol. The summed E-state index contributed by atoms with van der Waals surface area (Å²) >= 11 is 0. The summed E-state index contributed by atoms with van der Waals surface area (Å²) in [6, 6.07) is 5.30. The third-order valence-corrected chi connectivity index (χ3v) is 3.96. The number of carboxylic acid groups (broad SMARTS) is 1. The molecular weight excluding hydrogens is 272 g/mol. The Kier molecular flexibility index (Phi) is 4.77. The number of piperidine rings is 1. The van der Waals surface area contributed by atoms with Crippen LogP contribution in [0, 0.1) is 17.0 Å². The highest BCUT2D eigenvalue weighted by atomic mass is 16.6. The van der Waals surface area contributed by atoms with Crippen molar-refractivity contribution in [1.29, 1.82) is 0 Å². The number of benzene rings is 1. The lowest BCUT2D eigenvalue weighted by molar-refractivity contribution is -0.384. The minimum absolute atomic E-state index is 0.0660. The van der Waals surface area contributed by atoms with E-state index in [1.807, 2.05) is 17.9 Å². The molecule has 1 aromatic carbocycles. The second kappa shape index (κ2) is 6.56. The number of rotatable bonds is 5. The van der Waals surface area contributed by atoms with Crippen molar-refractivity contribution < 1.29 is 14.8 Å². The van der Waals surface area contributed by atoms with E-state index in [9.17, 15) is 14.9 Å². The minimum atomic E-state index is -0.820. The van der Waals surface area contributed by atoms with Gasteiger partial charge in [-0.05, 0) is 44.2 Å². The van der Waals surface area contributed by atoms with E-state index >= 15 is 0 Å². The molecule has 1 atom stereocenters. The van der Waals surface area contributed by atoms with Crippen LogP contribution in [-0.4, -0.2) is 28.6 Å². The number of nitro groups is 1. The van der Waals surface area contributed by atoms with Crippen LogP contribution in [0.5, 0.6) is 0 Å². The van der Waals surface area contributed by atoms with E-state index in [0.717, 1.165) is 31.4 Å². The van der Waals surface area contributed by atoms with Crippen molar-refractivity contribution >= 4 is 17.3 Å². The van der Waals surface area contributed by atoms with E-state index in [4.69, 9.17) is 5.11 Å². The summed E-state index contributed by atoms with van der Waals surface area (Å²) in [4.78, 5) is 23.7. The van der Waals surface area contributed by atoms with E-state index in [0.29, 0.717) is 12.1 Å². The van der Waals surface area contributed by atoms with Crippen molar-refractivity contribution in [3.63, 3.8) is 0 Å². The van der Waals surface area contributed by atoms with Crippen molar-refractivity contribution in [3.8, 4) is 0 Å². The Hall–Kier alpha value is -2.11. The van der Waals surface area contributed by atoms with Gasteiger partial charge in [-0.3, -0.25) is 14.9 Å². The lowest BCUT2D eigenvalue weighted by Gasteiger charge is -2.37. The number of carboxylic acids is 1. The molecule has 6 heteroatoms. The molecule has 0 aromatic heterocycles. The average Bonchev–Trinajstić information content (AvgIpc) is 2.45. The van der Waals surface area contributed by atoms with Gasteiger partial charge in [0, 0.05) is 25.1 Å². The Morgan fingerprint density at radius 1 is 1.48 bits per heavy atom. The fourth-order valence-corrected chi connectivity index (χ4v) is 2.93. The number of hydrogen-bond donors (Lipinski definition) is 1. The van der Waals surface area contributed by atoms with Crippen LogP contribution in [0.1, 0.15) is 37.7 Å². The third kappa shape index (κ3) is 3.71. The van der Waals surface area contributed by atoms with Crippen LogP contribution in [0.25, 0.3) is 0 Å². The SMILES string of the molecule is Cc1ccc(N2CCCCC2CCC(=O)O)c([N+](=O)[O-])c1. The van der Waals surface area contributed by atoms with Crippen LogP contribution in [-0.2, 0) is 4.79 Å². The maximum absolute atomic E-state index is 11.3. The molecule has 1 aliphatic rings. The molecular formula is C15H20N2O4. The summed E-state index contributed by atoms with van der Waals surface area (Å²) in [6.07, 6.45) is 3.54. The highest BCUT2D eigenvalue weighted by Crippen LogP contribution is 2.34. The molecule has 0 spiro atoms. The van der Waals surface area contributed by atoms with Crippen LogP contribution in [0.4, 0.5) is 11.4 Å². The van der Waals surface area contributed by atoms with Gasteiger partial charge < -0.3 is 10.0 Å². The molecule has 0 saturated carbocycles. The second-order valence-corrected chi connectivity index (χ2v) is 5.52. The molecule has 1 heterocycles. The molecule has 6 nitrogen and oxygen atoms in total. The van der Waals surface area contributed by atoms with Crippen molar-refractivity contribution in [3.05, 3.63) is 33.9 Å². The molecule has 21 heavy (non-hydrogen) atoms. The normalized spacial score (nSPS) is 18.5. The molecule has 114 valence electrons. The molecule has 1 fully saturated rings. The van der Waals surface area contributed by atoms with E-state index in [1.165, 1.54) is 0 Å². The fraction of sp³-hybridized carbons (Fsp3) is 0.533. The number of hydrogen-bond acceptors (Lipinski definition) is 4. The van der Waals surface area contributed by atoms with Crippen LogP contribution in [0.2, 0.25) is 0 Å². The molecule has 2 rings (SSSR count). The van der Waals surface area contributed by atoms with E-state index in [2.05, 4.69) is 0 Å². The van der Waals surface area contributed by atoms with Gasteiger partial charge in [0.15, 0.2) is 0 Å². The summed E-state index contributed by atoms with van der Waals surface area (Å²) in [5.41, 5.74) is 1.57. The number of carbonyl (C=O) groups is 1. The number of nitrogens with zero attached hydrogens (tertiary/aromatic N) is 2. The van der Waals surface area contributed by atoms with E-state index in [1.54, 1.807) is 12.1 Å². The Morgan fingerprint density at radius 3 is 2.90 bits per heavy atom. The monoisotopic (exact) mass is 292 g/mol. The summed E-state index contributed by atoms with van der Waals surface area (Å²) in [6.45, 7) is 2.57. The number of anilines is 1. The van der Waals surface area contributed by atoms with Crippen LogP contribution in [0.3, 0.4) is 0 Å². The molecule has 0 radical (unpaired) electrons. The lowest BCUT2D eigenvalue weighted by Crippen LogP contribution is -2.40. The number of aliphatic carboxylic acids is 1. The van der Waals surface area contributed by atoms with Gasteiger partial charge in [0.05, 0.1) is 4.92 Å². The zero-order valence-electron chi connectivity index (χ0n) is 12.1. The Balaban J connectivity index is 2.28. The van der Waals surface area contributed by atoms with Gasteiger partial charge in [0.2, 0.25) is 0 Å². The first kappa shape index (κ1) is 15.3. The highest BCUT2D eigenvalue weighted by Gasteiger charge is 2.28. The van der Waals surface area contributed by atoms with Gasteiger partial charge >= 0.3 is 5.97 Å². The first-order valence-corrected chi connectivity index (χ1v) is 7.22. The highest BCUT2D eigenvalue weighted by molar-refractivity contribution is 5.67. The largest absolute Gasteiger partial charge is 0.481 e. The summed E-state index contributed by atoms with van der Waals surface area (Å²) in [5.74, 6) is -0.820. The molecule has 1 unspecified atom stereocenters. The molecule has 1 N–H and O–H groups in total. The topological polar surface area (TPSA) is 83.7 Å². The molecule has 0 aliphatic carbocycles. The molecule has 1 aromatic rings. The van der Waals surface area contributed by atoms with Gasteiger partial charge in [-0.25, -0.2) is 0 Å². The van der Waals surface area contributed by atoms with Crippen molar-refractivity contribution in [2.24, 2.45) is 0 Å². The number of aryl methyl sites for hydroxylation is 1. The predicted octanol–water partition coefficient (Wildman–Crippen LogP) is 3.13. The molecule has 0 amide bonds. The first-order valence-electron chi connectivity index (χ1n) is 7.22. The molecule has 1 saturated heterocycles. The third-order valence-electron chi connectivity index (χ3n) is 3.96. The van der Waals surface area contributed by atoms with Crippen molar-refractivity contribution in [2.75, 3.05) is 11.4 Å². The van der Waals surface area contributed by atoms with Crippen molar-refractivity contribution in [1.82, 2.24) is 0 Å². The number of nitro benzene ring substituents is 1. The lowest BCUT2D eigenvalue weighted by atomic mass is 9.96. The summed E-state index contributed by atoms with van der Waals surface area (Å²) < 4.78 is 0. The van der Waals surface area contributed by atoms with E-state index in [-0.39, 0.29) is 23.1 Å². The summed E-state index contributed by atoms with van der Waals surface area (Å²) in [7, 11) is 0. The maximum Gasteiger partial charge on any atom is 0.303 e. The smallest absolute Gasteiger partial charge is 0.303 e. The molecule has 0 bridgehead atoms. The average molecular weight is 292 g/mol. The second-order valence-electron chi connectivity index (χ2n) is 5.52. The minimum Gasteiger partial charge on any atom is -0.481 e. The Labute approximate surface area is 123 Å². The quantitative estimate of drug-likeness (QED) is 0.666. The maximum atomic E-state index is 11.3. The fourth-order valence-electron chi connectivity index (χ4n) is 2.93. The zero-order chi connectivity index (χ0) is 15.4. The Bertz CT molecular complexity index is 544. The van der Waals surface area contributed by atoms with Gasteiger partial charge in [0.25, 0.3) is 5.69 Å². The van der Waals surface area contributed by atoms with Crippen LogP contribution in [0.15, 0.2) is 18.2 Å². The van der Waals surface area contributed by atoms with Gasteiger partial charge in [0.1, 0.15) is 5.69 Å². The van der Waals surface area contributed by atoms with Crippen LogP contribution >= 0.6 is 0 Å². The van der Waals surface area contributed by atoms with Crippen LogP contribution < -0.4 is 4.90 Å². The summed E-state index contributed by atoms with van der Waals surface area (Å²) in [5, 5.41) is 20.1. The van der Waals surface area contributed by atoms with Gasteiger partial charge in [-0.1, -0.05) is 6.07 Å².